The highest BCUT2D eigenvalue weighted by Gasteiger charge is 2.29. The minimum atomic E-state index is 0.344. The first-order chi connectivity index (χ1) is 3.95. The molecule has 0 N–H and O–H groups in total. The molecule has 0 atom stereocenters. The molecule has 3 aliphatic rings. The second kappa shape index (κ2) is 2.24. The van der Waals surface area contributed by atoms with Crippen LogP contribution >= 0.6 is 0 Å². The summed E-state index contributed by atoms with van der Waals surface area (Å²) >= 11 is 0. The molecule has 0 amide bonds. The van der Waals surface area contributed by atoms with Crippen molar-refractivity contribution in [3.63, 3.8) is 0 Å². The summed E-state index contributed by atoms with van der Waals surface area (Å²) in [4.78, 5) is 0. The monoisotopic (exact) mass is 168 g/mol. The summed E-state index contributed by atoms with van der Waals surface area (Å²) in [6.07, 6.45) is 0. The Morgan fingerprint density at radius 3 is 1.25 bits per heavy atom. The van der Waals surface area contributed by atoms with E-state index in [0.717, 1.165) is 0 Å². The maximum absolute atomic E-state index is 1.73. The van der Waals surface area contributed by atoms with Crippen LogP contribution in [0.2, 0.25) is 24.2 Å². The molecule has 0 saturated carbocycles. The summed E-state index contributed by atoms with van der Waals surface area (Å²) in [5.41, 5.74) is 0. The third kappa shape index (κ3) is 0.939. The first-order valence-corrected chi connectivity index (χ1v) is 12.0. The second-order valence-electron chi connectivity index (χ2n) is 2.46. The Morgan fingerprint density at radius 1 is 0.750 bits per heavy atom. The zero-order valence-corrected chi connectivity index (χ0v) is 8.83. The lowest BCUT2D eigenvalue weighted by Gasteiger charge is -2.32. The molecule has 0 aliphatic carbocycles. The Hall–Kier alpha value is 0.868. The average molecular weight is 168 g/mol. The molecular weight excluding hydrogens is 160 g/mol. The third-order valence-corrected chi connectivity index (χ3v) is 23.5. The number of hydrogen-bond acceptors (Lipinski definition) is 0. The highest BCUT2D eigenvalue weighted by atomic mass is 29.7. The predicted octanol–water partition coefficient (Wildman–Crippen LogP) is 0.320. The highest BCUT2D eigenvalue weighted by Crippen LogP contribution is 2.23. The molecule has 3 heterocycles. The van der Waals surface area contributed by atoms with Crippen molar-refractivity contribution in [3.8, 4) is 0 Å². The SMILES string of the molecule is C1C[Si]2CC[Si]1[Si][Si]2. The second-order valence-corrected chi connectivity index (χ2v) is 17.6. The van der Waals surface area contributed by atoms with Crippen LogP contribution in [0.1, 0.15) is 0 Å². The van der Waals surface area contributed by atoms with Gasteiger partial charge >= 0.3 is 0 Å². The quantitative estimate of drug-likeness (QED) is 0.457. The van der Waals surface area contributed by atoms with E-state index in [2.05, 4.69) is 0 Å². The van der Waals surface area contributed by atoms with Gasteiger partial charge in [0.05, 0.1) is 0 Å². The van der Waals surface area contributed by atoms with Crippen LogP contribution in [0.3, 0.4) is 0 Å². The van der Waals surface area contributed by atoms with Crippen molar-refractivity contribution < 1.29 is 0 Å². The van der Waals surface area contributed by atoms with E-state index in [4.69, 9.17) is 0 Å². The van der Waals surface area contributed by atoms with Gasteiger partial charge in [-0.15, -0.1) is 0 Å². The van der Waals surface area contributed by atoms with Gasteiger partial charge in [0, 0.05) is 33.7 Å². The van der Waals surface area contributed by atoms with Gasteiger partial charge in [0.2, 0.25) is 0 Å². The molecule has 8 heavy (non-hydrogen) atoms. The first-order valence-electron chi connectivity index (χ1n) is 3.16. The van der Waals surface area contributed by atoms with Crippen molar-refractivity contribution in [3.05, 3.63) is 0 Å². The summed E-state index contributed by atoms with van der Waals surface area (Å²) < 4.78 is 0. The molecule has 2 bridgehead atoms. The van der Waals surface area contributed by atoms with Crippen LogP contribution in [-0.4, -0.2) is 33.7 Å². The van der Waals surface area contributed by atoms with Crippen LogP contribution in [0.5, 0.6) is 0 Å². The Morgan fingerprint density at radius 2 is 1.12 bits per heavy atom. The molecule has 0 spiro atoms. The summed E-state index contributed by atoms with van der Waals surface area (Å²) in [7, 11) is 3.72. The zero-order chi connectivity index (χ0) is 5.40. The van der Waals surface area contributed by atoms with Crippen LogP contribution in [0.15, 0.2) is 0 Å². The molecule has 3 saturated heterocycles. The molecule has 40 valence electrons. The first kappa shape index (κ1) is 5.64. The maximum atomic E-state index is 1.73. The van der Waals surface area contributed by atoms with Gasteiger partial charge in [-0.05, 0) is 0 Å². The van der Waals surface area contributed by atoms with Gasteiger partial charge in [-0.3, -0.25) is 0 Å². The van der Waals surface area contributed by atoms with E-state index in [-0.39, 0.29) is 0 Å². The fourth-order valence-corrected chi connectivity index (χ4v) is 31.8. The number of fused-ring (bicyclic) bond motifs is 3. The van der Waals surface area contributed by atoms with Crippen LogP contribution in [0.25, 0.3) is 0 Å². The van der Waals surface area contributed by atoms with Crippen molar-refractivity contribution >= 4 is 33.7 Å². The summed E-state index contributed by atoms with van der Waals surface area (Å²) in [5.74, 6) is 0. The van der Waals surface area contributed by atoms with Crippen molar-refractivity contribution in [1.82, 2.24) is 0 Å². The van der Waals surface area contributed by atoms with E-state index in [9.17, 15) is 0 Å². The molecule has 0 aromatic rings. The lowest BCUT2D eigenvalue weighted by molar-refractivity contribution is 1.22. The fraction of sp³-hybridized carbons (Fsp3) is 1.00. The molecule has 3 fully saturated rings. The normalized spacial score (nSPS) is 31.5. The van der Waals surface area contributed by atoms with Crippen LogP contribution < -0.4 is 0 Å². The van der Waals surface area contributed by atoms with Crippen molar-refractivity contribution in [2.24, 2.45) is 0 Å². The van der Waals surface area contributed by atoms with Crippen molar-refractivity contribution in [2.45, 2.75) is 24.2 Å². The van der Waals surface area contributed by atoms with Crippen molar-refractivity contribution in [1.29, 1.82) is 0 Å². The Labute approximate surface area is 58.3 Å². The smallest absolute Gasteiger partial charge is 0.0297 e. The van der Waals surface area contributed by atoms with E-state index >= 15 is 0 Å². The van der Waals surface area contributed by atoms with Gasteiger partial charge in [-0.25, -0.2) is 0 Å². The van der Waals surface area contributed by atoms with Gasteiger partial charge in [-0.2, -0.15) is 0 Å². The van der Waals surface area contributed by atoms with Gasteiger partial charge in [0.15, 0.2) is 0 Å². The molecule has 3 rings (SSSR count). The molecule has 0 unspecified atom stereocenters. The predicted molar refractivity (Wildman–Crippen MR) is 42.2 cm³/mol. The van der Waals surface area contributed by atoms with E-state index < -0.39 is 0 Å². The molecule has 0 aromatic carbocycles. The average Bonchev–Trinajstić information content (AvgIpc) is 1.92. The van der Waals surface area contributed by atoms with Gasteiger partial charge in [-0.1, -0.05) is 24.2 Å². The molecule has 0 nitrogen and oxygen atoms in total. The molecule has 3 aliphatic heterocycles. The number of rotatable bonds is 0. The molecule has 4 heteroatoms. The van der Waals surface area contributed by atoms with Crippen molar-refractivity contribution in [2.75, 3.05) is 0 Å². The summed E-state index contributed by atoms with van der Waals surface area (Å²) in [6.45, 7) is 0. The highest BCUT2D eigenvalue weighted by molar-refractivity contribution is 7.54. The standard InChI is InChI=1S/C4H8Si4/c1-2-8-4-3-7(1)5-6-8/h1-4H2. The lowest BCUT2D eigenvalue weighted by Crippen LogP contribution is -2.48. The largest absolute Gasteiger partial charge is 0.0645 e. The van der Waals surface area contributed by atoms with Crippen LogP contribution in [-0.2, 0) is 0 Å². The molecule has 6 radical (unpaired) electrons. The fourth-order valence-electron chi connectivity index (χ4n) is 1.28. The molecular formula is C4H8Si4. The van der Waals surface area contributed by atoms with Gasteiger partial charge in [0.25, 0.3) is 0 Å². The maximum Gasteiger partial charge on any atom is 0.0297 e. The summed E-state index contributed by atoms with van der Waals surface area (Å²) in [5, 5.41) is 0. The van der Waals surface area contributed by atoms with E-state index in [0.29, 0.717) is 16.6 Å². The minimum absolute atomic E-state index is 0.344. The summed E-state index contributed by atoms with van der Waals surface area (Å²) in [6, 6.07) is 6.91. The minimum Gasteiger partial charge on any atom is -0.0645 e. The van der Waals surface area contributed by atoms with E-state index in [1.807, 2.05) is 0 Å². The Bertz CT molecular complexity index is 63.0. The Kier molecular flexibility index (Phi) is 1.58. The van der Waals surface area contributed by atoms with E-state index in [1.54, 1.807) is 24.2 Å². The van der Waals surface area contributed by atoms with Gasteiger partial charge < -0.3 is 0 Å². The zero-order valence-electron chi connectivity index (χ0n) is 4.83. The Balaban J connectivity index is 2.03. The van der Waals surface area contributed by atoms with E-state index in [1.165, 1.54) is 17.1 Å². The lowest BCUT2D eigenvalue weighted by atomic mass is 10.9. The van der Waals surface area contributed by atoms with Crippen LogP contribution in [0.4, 0.5) is 0 Å². The topological polar surface area (TPSA) is 0 Å². The van der Waals surface area contributed by atoms with Gasteiger partial charge in [0.1, 0.15) is 0 Å². The van der Waals surface area contributed by atoms with Crippen LogP contribution in [0, 0.1) is 0 Å². The third-order valence-electron chi connectivity index (χ3n) is 1.87. The molecule has 0 aromatic heterocycles. The number of hydrogen-bond donors (Lipinski definition) is 0.